The zero-order valence-electron chi connectivity index (χ0n) is 10.5. The van der Waals surface area contributed by atoms with Gasteiger partial charge in [-0.25, -0.2) is 4.39 Å². The molecule has 0 bridgehead atoms. The van der Waals surface area contributed by atoms with Crippen molar-refractivity contribution in [1.29, 1.82) is 0 Å². The molecule has 0 fully saturated rings. The van der Waals surface area contributed by atoms with Crippen LogP contribution in [0.3, 0.4) is 0 Å². The van der Waals surface area contributed by atoms with E-state index in [9.17, 15) is 14.5 Å². The van der Waals surface area contributed by atoms with Crippen molar-refractivity contribution in [3.63, 3.8) is 0 Å². The second kappa shape index (κ2) is 5.05. The van der Waals surface area contributed by atoms with Crippen LogP contribution in [0.2, 0.25) is 0 Å². The van der Waals surface area contributed by atoms with Crippen LogP contribution in [0.15, 0.2) is 24.3 Å². The van der Waals surface area contributed by atoms with Crippen LogP contribution in [0, 0.1) is 22.9 Å². The summed E-state index contributed by atoms with van der Waals surface area (Å²) in [6, 6.07) is 4.91. The number of nitro benzene ring substituents is 1. The number of benzene rings is 1. The molecule has 100 valence electrons. The molecule has 0 spiro atoms. The molecule has 0 aliphatic rings. The van der Waals surface area contributed by atoms with Gasteiger partial charge in [0.2, 0.25) is 0 Å². The summed E-state index contributed by atoms with van der Waals surface area (Å²) < 4.78 is 20.0. The third-order valence-electron chi connectivity index (χ3n) is 2.59. The summed E-state index contributed by atoms with van der Waals surface area (Å²) in [5, 5.41) is 14.9. The molecule has 0 atom stereocenters. The molecule has 0 amide bonds. The average molecular weight is 265 g/mol. The molecule has 2 aromatic rings. The van der Waals surface area contributed by atoms with Crippen molar-refractivity contribution in [2.45, 2.75) is 13.5 Å². The van der Waals surface area contributed by atoms with Crippen LogP contribution in [0.1, 0.15) is 11.4 Å². The van der Waals surface area contributed by atoms with E-state index in [2.05, 4.69) is 5.10 Å². The van der Waals surface area contributed by atoms with Crippen LogP contribution in [0.4, 0.5) is 10.1 Å². The van der Waals surface area contributed by atoms with Crippen LogP contribution < -0.4 is 4.74 Å². The SMILES string of the molecule is Cc1cc(COc2cc(F)ccc2[N+](=O)[O-])n(C)n1. The molecule has 1 heterocycles. The van der Waals surface area contributed by atoms with Crippen molar-refractivity contribution >= 4 is 5.69 Å². The maximum atomic E-state index is 13.1. The van der Waals surface area contributed by atoms with Crippen LogP contribution >= 0.6 is 0 Å². The largest absolute Gasteiger partial charge is 0.480 e. The number of hydrogen-bond donors (Lipinski definition) is 0. The molecule has 6 nitrogen and oxygen atoms in total. The van der Waals surface area contributed by atoms with E-state index in [0.717, 1.165) is 29.6 Å². The first-order chi connectivity index (χ1) is 8.97. The standard InChI is InChI=1S/C12H12FN3O3/c1-8-5-10(15(2)14-8)7-19-12-6-9(13)3-4-11(12)16(17)18/h3-6H,7H2,1-2H3. The Kier molecular flexibility index (Phi) is 3.46. The summed E-state index contributed by atoms with van der Waals surface area (Å²) >= 11 is 0. The molecule has 1 aromatic heterocycles. The van der Waals surface area contributed by atoms with E-state index < -0.39 is 10.7 Å². The highest BCUT2D eigenvalue weighted by Gasteiger charge is 2.16. The van der Waals surface area contributed by atoms with E-state index in [0.29, 0.717) is 0 Å². The van der Waals surface area contributed by atoms with E-state index >= 15 is 0 Å². The van der Waals surface area contributed by atoms with Crippen molar-refractivity contribution in [2.24, 2.45) is 7.05 Å². The Morgan fingerprint density at radius 2 is 2.21 bits per heavy atom. The van der Waals surface area contributed by atoms with Gasteiger partial charge in [-0.1, -0.05) is 0 Å². The number of rotatable bonds is 4. The van der Waals surface area contributed by atoms with Gasteiger partial charge >= 0.3 is 5.69 Å². The second-order valence-corrected chi connectivity index (χ2v) is 4.06. The molecule has 1 aromatic carbocycles. The van der Waals surface area contributed by atoms with Gasteiger partial charge in [-0.3, -0.25) is 14.8 Å². The summed E-state index contributed by atoms with van der Waals surface area (Å²) in [6.07, 6.45) is 0. The van der Waals surface area contributed by atoms with Gasteiger partial charge in [0.25, 0.3) is 0 Å². The highest BCUT2D eigenvalue weighted by Crippen LogP contribution is 2.28. The van der Waals surface area contributed by atoms with E-state index in [1.54, 1.807) is 17.8 Å². The Morgan fingerprint density at radius 3 is 2.79 bits per heavy atom. The lowest BCUT2D eigenvalue weighted by atomic mass is 10.3. The van der Waals surface area contributed by atoms with Gasteiger partial charge in [0.15, 0.2) is 5.75 Å². The number of hydrogen-bond acceptors (Lipinski definition) is 4. The van der Waals surface area contributed by atoms with Crippen LogP contribution in [0.5, 0.6) is 5.75 Å². The Bertz CT molecular complexity index is 625. The van der Waals surface area contributed by atoms with E-state index in [4.69, 9.17) is 4.74 Å². The number of ether oxygens (including phenoxy) is 1. The summed E-state index contributed by atoms with van der Waals surface area (Å²) in [5.41, 5.74) is 1.30. The number of nitro groups is 1. The monoisotopic (exact) mass is 265 g/mol. The minimum Gasteiger partial charge on any atom is -0.480 e. The fraction of sp³-hybridized carbons (Fsp3) is 0.250. The molecule has 0 saturated heterocycles. The van der Waals surface area contributed by atoms with Gasteiger partial charge in [-0.15, -0.1) is 0 Å². The van der Waals surface area contributed by atoms with Gasteiger partial charge in [0, 0.05) is 19.2 Å². The third-order valence-corrected chi connectivity index (χ3v) is 2.59. The van der Waals surface area contributed by atoms with Crippen LogP contribution in [0.25, 0.3) is 0 Å². The van der Waals surface area contributed by atoms with Gasteiger partial charge < -0.3 is 4.74 Å². The molecule has 19 heavy (non-hydrogen) atoms. The topological polar surface area (TPSA) is 70.2 Å². The third kappa shape index (κ3) is 2.87. The molecular weight excluding hydrogens is 253 g/mol. The van der Waals surface area contributed by atoms with E-state index in [1.165, 1.54) is 0 Å². The molecule has 0 saturated carbocycles. The first kappa shape index (κ1) is 13.0. The first-order valence-electron chi connectivity index (χ1n) is 5.53. The molecule has 0 aliphatic heterocycles. The highest BCUT2D eigenvalue weighted by atomic mass is 19.1. The number of aromatic nitrogens is 2. The summed E-state index contributed by atoms with van der Waals surface area (Å²) in [5.74, 6) is -0.675. The lowest BCUT2D eigenvalue weighted by Crippen LogP contribution is -2.04. The Morgan fingerprint density at radius 1 is 1.47 bits per heavy atom. The summed E-state index contributed by atoms with van der Waals surface area (Å²) in [7, 11) is 1.74. The number of aryl methyl sites for hydroxylation is 2. The van der Waals surface area contributed by atoms with E-state index in [1.807, 2.05) is 6.92 Å². The number of halogens is 1. The molecule has 2 rings (SSSR count). The Labute approximate surface area is 108 Å². The predicted molar refractivity (Wildman–Crippen MR) is 65.3 cm³/mol. The summed E-state index contributed by atoms with van der Waals surface area (Å²) in [4.78, 5) is 10.2. The molecule has 0 N–H and O–H groups in total. The first-order valence-corrected chi connectivity index (χ1v) is 5.53. The maximum absolute atomic E-state index is 13.1. The number of nitrogens with zero attached hydrogens (tertiary/aromatic N) is 3. The normalized spacial score (nSPS) is 10.5. The smallest absolute Gasteiger partial charge is 0.311 e. The minimum atomic E-state index is -0.608. The molecule has 0 radical (unpaired) electrons. The lowest BCUT2D eigenvalue weighted by molar-refractivity contribution is -0.386. The fourth-order valence-electron chi connectivity index (χ4n) is 1.71. The van der Waals surface area contributed by atoms with Crippen molar-refractivity contribution in [1.82, 2.24) is 9.78 Å². The van der Waals surface area contributed by atoms with E-state index in [-0.39, 0.29) is 18.0 Å². The Hall–Kier alpha value is -2.44. The minimum absolute atomic E-state index is 0.0850. The zero-order chi connectivity index (χ0) is 14.0. The predicted octanol–water partition coefficient (Wildman–Crippen LogP) is 2.35. The van der Waals surface area contributed by atoms with Crippen molar-refractivity contribution in [3.8, 4) is 5.75 Å². The van der Waals surface area contributed by atoms with Crippen molar-refractivity contribution in [3.05, 3.63) is 51.6 Å². The Balaban J connectivity index is 2.21. The van der Waals surface area contributed by atoms with Crippen molar-refractivity contribution < 1.29 is 14.1 Å². The van der Waals surface area contributed by atoms with Crippen LogP contribution in [-0.4, -0.2) is 14.7 Å². The molecule has 0 unspecified atom stereocenters. The molecule has 7 heteroatoms. The van der Waals surface area contributed by atoms with Gasteiger partial charge in [0.05, 0.1) is 16.3 Å². The maximum Gasteiger partial charge on any atom is 0.311 e. The van der Waals surface area contributed by atoms with Gasteiger partial charge in [0.1, 0.15) is 12.4 Å². The zero-order valence-corrected chi connectivity index (χ0v) is 10.5. The van der Waals surface area contributed by atoms with Crippen LogP contribution in [-0.2, 0) is 13.7 Å². The average Bonchev–Trinajstić information content (AvgIpc) is 2.65. The van der Waals surface area contributed by atoms with Gasteiger partial charge in [-0.2, -0.15) is 5.10 Å². The molecular formula is C12H12FN3O3. The summed E-state index contributed by atoms with van der Waals surface area (Å²) in [6.45, 7) is 1.91. The highest BCUT2D eigenvalue weighted by molar-refractivity contribution is 5.46. The molecule has 0 aliphatic carbocycles. The van der Waals surface area contributed by atoms with Gasteiger partial charge in [-0.05, 0) is 19.1 Å². The fourth-order valence-corrected chi connectivity index (χ4v) is 1.71. The lowest BCUT2D eigenvalue weighted by Gasteiger charge is -2.06. The van der Waals surface area contributed by atoms with Crippen molar-refractivity contribution in [2.75, 3.05) is 0 Å². The quantitative estimate of drug-likeness (QED) is 0.628. The second-order valence-electron chi connectivity index (χ2n) is 4.06.